The molecule has 0 aliphatic carbocycles. The summed E-state index contributed by atoms with van der Waals surface area (Å²) in [5.41, 5.74) is -1.47. The third kappa shape index (κ3) is 3.05. The standard InChI is InChI=1S/C13H14BrN3O4/c1-13(2)12(21)15-9(18)6-17(13)11(20)7-16-5-8(14)3-4-10(16)19/h3-5H,6-7H2,1-2H3,(H,15,18,21). The Bertz CT molecular complexity index is 680. The molecule has 1 aliphatic rings. The van der Waals surface area contributed by atoms with Gasteiger partial charge in [0.15, 0.2) is 0 Å². The summed E-state index contributed by atoms with van der Waals surface area (Å²) in [7, 11) is 0. The number of carbonyl (C=O) groups is 3. The molecule has 112 valence electrons. The maximum absolute atomic E-state index is 12.4. The number of aromatic nitrogens is 1. The molecule has 8 heteroatoms. The minimum Gasteiger partial charge on any atom is -0.318 e. The average molecular weight is 356 g/mol. The molecular weight excluding hydrogens is 342 g/mol. The molecule has 1 fully saturated rings. The van der Waals surface area contributed by atoms with Gasteiger partial charge in [-0.05, 0) is 35.8 Å². The molecule has 0 aromatic carbocycles. The summed E-state index contributed by atoms with van der Waals surface area (Å²) in [5.74, 6) is -1.54. The topological polar surface area (TPSA) is 88.5 Å². The molecule has 0 bridgehead atoms. The van der Waals surface area contributed by atoms with Crippen LogP contribution in [-0.2, 0) is 20.9 Å². The second kappa shape index (κ2) is 5.44. The van der Waals surface area contributed by atoms with E-state index in [1.165, 1.54) is 21.7 Å². The molecule has 0 atom stereocenters. The first-order valence-corrected chi connectivity index (χ1v) is 7.02. The van der Waals surface area contributed by atoms with Crippen LogP contribution in [0.15, 0.2) is 27.6 Å². The zero-order valence-corrected chi connectivity index (χ0v) is 13.1. The fourth-order valence-electron chi connectivity index (χ4n) is 2.04. The quantitative estimate of drug-likeness (QED) is 0.748. The lowest BCUT2D eigenvalue weighted by atomic mass is 9.98. The first-order valence-electron chi connectivity index (χ1n) is 6.22. The van der Waals surface area contributed by atoms with Crippen molar-refractivity contribution in [2.45, 2.75) is 25.9 Å². The number of nitrogens with zero attached hydrogens (tertiary/aromatic N) is 2. The number of imide groups is 1. The van der Waals surface area contributed by atoms with Gasteiger partial charge in [0.25, 0.3) is 11.5 Å². The van der Waals surface area contributed by atoms with Crippen molar-refractivity contribution < 1.29 is 14.4 Å². The van der Waals surface area contributed by atoms with Crippen molar-refractivity contribution in [3.8, 4) is 0 Å². The lowest BCUT2D eigenvalue weighted by Gasteiger charge is -2.40. The van der Waals surface area contributed by atoms with E-state index >= 15 is 0 Å². The molecule has 21 heavy (non-hydrogen) atoms. The van der Waals surface area contributed by atoms with E-state index in [0.29, 0.717) is 4.47 Å². The minimum atomic E-state index is -1.14. The second-order valence-electron chi connectivity index (χ2n) is 5.23. The number of hydrogen-bond acceptors (Lipinski definition) is 4. The highest BCUT2D eigenvalue weighted by Crippen LogP contribution is 2.18. The Hall–Kier alpha value is -1.96. The Morgan fingerprint density at radius 1 is 1.33 bits per heavy atom. The zero-order valence-electron chi connectivity index (χ0n) is 11.6. The van der Waals surface area contributed by atoms with Gasteiger partial charge in [0, 0.05) is 16.7 Å². The fourth-order valence-corrected chi connectivity index (χ4v) is 2.42. The summed E-state index contributed by atoms with van der Waals surface area (Å²) in [5, 5.41) is 2.19. The summed E-state index contributed by atoms with van der Waals surface area (Å²) in [6.45, 7) is 2.66. The molecule has 7 nitrogen and oxygen atoms in total. The predicted molar refractivity (Wildman–Crippen MR) is 77.3 cm³/mol. The van der Waals surface area contributed by atoms with Crippen molar-refractivity contribution in [1.82, 2.24) is 14.8 Å². The number of pyridine rings is 1. The number of nitrogens with one attached hydrogen (secondary N) is 1. The molecule has 0 saturated carbocycles. The smallest absolute Gasteiger partial charge is 0.252 e. The second-order valence-corrected chi connectivity index (χ2v) is 6.15. The summed E-state index contributed by atoms with van der Waals surface area (Å²) in [6.07, 6.45) is 1.49. The molecular formula is C13H14BrN3O4. The number of rotatable bonds is 2. The first-order chi connectivity index (χ1) is 9.71. The zero-order chi connectivity index (χ0) is 15.8. The van der Waals surface area contributed by atoms with Crippen molar-refractivity contribution >= 4 is 33.7 Å². The fraction of sp³-hybridized carbons (Fsp3) is 0.385. The monoisotopic (exact) mass is 355 g/mol. The molecule has 3 amide bonds. The van der Waals surface area contributed by atoms with E-state index in [1.807, 2.05) is 0 Å². The average Bonchev–Trinajstić information content (AvgIpc) is 2.38. The van der Waals surface area contributed by atoms with Crippen molar-refractivity contribution in [2.24, 2.45) is 0 Å². The Balaban J connectivity index is 2.26. The summed E-state index contributed by atoms with van der Waals surface area (Å²) >= 11 is 3.22. The molecule has 2 rings (SSSR count). The maximum atomic E-state index is 12.4. The van der Waals surface area contributed by atoms with Crippen molar-refractivity contribution in [3.63, 3.8) is 0 Å². The Morgan fingerprint density at radius 2 is 2.00 bits per heavy atom. The lowest BCUT2D eigenvalue weighted by Crippen LogP contribution is -2.66. The highest BCUT2D eigenvalue weighted by molar-refractivity contribution is 9.10. The van der Waals surface area contributed by atoms with Crippen LogP contribution in [0.3, 0.4) is 0 Å². The van der Waals surface area contributed by atoms with Crippen molar-refractivity contribution in [1.29, 1.82) is 0 Å². The van der Waals surface area contributed by atoms with Crippen molar-refractivity contribution in [2.75, 3.05) is 6.54 Å². The number of amides is 3. The van der Waals surface area contributed by atoms with E-state index in [9.17, 15) is 19.2 Å². The van der Waals surface area contributed by atoms with Gasteiger partial charge in [0.2, 0.25) is 11.8 Å². The van der Waals surface area contributed by atoms with Gasteiger partial charge in [-0.1, -0.05) is 0 Å². The molecule has 0 unspecified atom stereocenters. The van der Waals surface area contributed by atoms with Crippen LogP contribution >= 0.6 is 15.9 Å². The van der Waals surface area contributed by atoms with Gasteiger partial charge < -0.3 is 9.47 Å². The van der Waals surface area contributed by atoms with Crippen molar-refractivity contribution in [3.05, 3.63) is 33.2 Å². The van der Waals surface area contributed by atoms with Crippen LogP contribution in [0.4, 0.5) is 0 Å². The van der Waals surface area contributed by atoms with Crippen LogP contribution in [0.25, 0.3) is 0 Å². The summed E-state index contributed by atoms with van der Waals surface area (Å²) in [6, 6.07) is 2.90. The SMILES string of the molecule is CC1(C)C(=O)NC(=O)CN1C(=O)Cn1cc(Br)ccc1=O. The Labute approximate surface area is 129 Å². The number of carbonyl (C=O) groups excluding carboxylic acids is 3. The van der Waals surface area contributed by atoms with Crippen LogP contribution < -0.4 is 10.9 Å². The molecule has 1 N–H and O–H groups in total. The third-order valence-corrected chi connectivity index (χ3v) is 3.81. The predicted octanol–water partition coefficient (Wildman–Crippen LogP) is -0.126. The molecule has 1 saturated heterocycles. The van der Waals surface area contributed by atoms with Gasteiger partial charge in [-0.25, -0.2) is 0 Å². The molecule has 0 radical (unpaired) electrons. The third-order valence-electron chi connectivity index (χ3n) is 3.34. The van der Waals surface area contributed by atoms with E-state index in [4.69, 9.17) is 0 Å². The largest absolute Gasteiger partial charge is 0.318 e. The van der Waals surface area contributed by atoms with Gasteiger partial charge in [-0.2, -0.15) is 0 Å². The molecule has 0 spiro atoms. The highest BCUT2D eigenvalue weighted by atomic mass is 79.9. The Kier molecular flexibility index (Phi) is 3.99. The van der Waals surface area contributed by atoms with E-state index in [2.05, 4.69) is 21.2 Å². The van der Waals surface area contributed by atoms with E-state index < -0.39 is 23.3 Å². The van der Waals surface area contributed by atoms with E-state index in [1.54, 1.807) is 19.9 Å². The summed E-state index contributed by atoms with van der Waals surface area (Å²) < 4.78 is 1.88. The maximum Gasteiger partial charge on any atom is 0.252 e. The van der Waals surface area contributed by atoms with Gasteiger partial charge in [-0.15, -0.1) is 0 Å². The minimum absolute atomic E-state index is 0.208. The molecule has 1 aromatic rings. The number of halogens is 1. The number of piperazine rings is 1. The molecule has 2 heterocycles. The number of hydrogen-bond donors (Lipinski definition) is 1. The van der Waals surface area contributed by atoms with E-state index in [-0.39, 0.29) is 18.6 Å². The van der Waals surface area contributed by atoms with Crippen LogP contribution in [0, 0.1) is 0 Å². The first kappa shape index (κ1) is 15.4. The van der Waals surface area contributed by atoms with Crippen LogP contribution in [0.2, 0.25) is 0 Å². The van der Waals surface area contributed by atoms with Gasteiger partial charge >= 0.3 is 0 Å². The van der Waals surface area contributed by atoms with Crippen LogP contribution in [0.5, 0.6) is 0 Å². The highest BCUT2D eigenvalue weighted by Gasteiger charge is 2.43. The molecule has 1 aliphatic heterocycles. The van der Waals surface area contributed by atoms with Gasteiger partial charge in [0.1, 0.15) is 18.6 Å². The van der Waals surface area contributed by atoms with Crippen LogP contribution in [0.1, 0.15) is 13.8 Å². The van der Waals surface area contributed by atoms with Crippen LogP contribution in [-0.4, -0.2) is 39.3 Å². The lowest BCUT2D eigenvalue weighted by molar-refractivity contribution is -0.155. The normalized spacial score (nSPS) is 17.6. The Morgan fingerprint density at radius 3 is 2.67 bits per heavy atom. The molecule has 1 aromatic heterocycles. The van der Waals surface area contributed by atoms with E-state index in [0.717, 1.165) is 0 Å². The van der Waals surface area contributed by atoms with Gasteiger partial charge in [-0.3, -0.25) is 24.5 Å². The summed E-state index contributed by atoms with van der Waals surface area (Å²) in [4.78, 5) is 48.5. The van der Waals surface area contributed by atoms with Gasteiger partial charge in [0.05, 0.1) is 0 Å².